The summed E-state index contributed by atoms with van der Waals surface area (Å²) in [6.45, 7) is 9.96. The van der Waals surface area contributed by atoms with Gasteiger partial charge in [0, 0.05) is 29.6 Å². The predicted octanol–water partition coefficient (Wildman–Crippen LogP) is -0.767. The zero-order chi connectivity index (χ0) is 19.2. The molecule has 1 aliphatic rings. The van der Waals surface area contributed by atoms with Gasteiger partial charge in [0.2, 0.25) is 0 Å². The van der Waals surface area contributed by atoms with Crippen molar-refractivity contribution < 1.29 is 19.4 Å². The van der Waals surface area contributed by atoms with Crippen molar-refractivity contribution in [1.82, 2.24) is 5.32 Å². The minimum Gasteiger partial charge on any atom is -0.347 e. The number of carbonyl (C=O) groups is 2. The molecular formula is C20H34N4O2+2. The fourth-order valence-electron chi connectivity index (χ4n) is 3.32. The molecule has 144 valence electrons. The van der Waals surface area contributed by atoms with E-state index in [-0.39, 0.29) is 30.4 Å². The van der Waals surface area contributed by atoms with Crippen LogP contribution in [-0.2, 0) is 16.1 Å². The first-order chi connectivity index (χ1) is 12.2. The lowest BCUT2D eigenvalue weighted by Gasteiger charge is -2.21. The molecule has 2 rings (SSSR count). The van der Waals surface area contributed by atoms with E-state index in [0.29, 0.717) is 0 Å². The van der Waals surface area contributed by atoms with Crippen molar-refractivity contribution >= 4 is 17.5 Å². The highest BCUT2D eigenvalue weighted by Crippen LogP contribution is 2.09. The number of quaternary nitrogens is 2. The van der Waals surface area contributed by atoms with Crippen molar-refractivity contribution in [3.05, 3.63) is 29.8 Å². The van der Waals surface area contributed by atoms with Gasteiger partial charge in [-0.2, -0.15) is 0 Å². The number of benzene rings is 1. The summed E-state index contributed by atoms with van der Waals surface area (Å²) in [5.74, 6) is -0.124. The van der Waals surface area contributed by atoms with E-state index in [4.69, 9.17) is 0 Å². The van der Waals surface area contributed by atoms with Gasteiger partial charge in [0.25, 0.3) is 11.8 Å². The molecule has 0 saturated carbocycles. The smallest absolute Gasteiger partial charge is 0.279 e. The standard InChI is InChI=1S/C20H32N4O2/c1-20(2,3)22-19(26)15-23(4)14-18(25)21-17-9-7-16(8-10-17)13-24-11-5-6-12-24/h7-10H,5-6,11-15H2,1-4H3,(H,21,25)(H,22,26)/p+2. The summed E-state index contributed by atoms with van der Waals surface area (Å²) >= 11 is 0. The number of likely N-dealkylation sites (tertiary alicyclic amines) is 1. The molecule has 4 N–H and O–H groups in total. The van der Waals surface area contributed by atoms with Gasteiger partial charge in [-0.25, -0.2) is 0 Å². The summed E-state index contributed by atoms with van der Waals surface area (Å²) in [6.07, 6.45) is 2.65. The van der Waals surface area contributed by atoms with E-state index in [2.05, 4.69) is 22.8 Å². The van der Waals surface area contributed by atoms with Crippen LogP contribution in [0, 0.1) is 0 Å². The Labute approximate surface area is 156 Å². The van der Waals surface area contributed by atoms with Crippen LogP contribution in [0.3, 0.4) is 0 Å². The third kappa shape index (κ3) is 7.54. The molecule has 1 atom stereocenters. The Morgan fingerprint density at radius 2 is 1.62 bits per heavy atom. The molecule has 0 aromatic heterocycles. The van der Waals surface area contributed by atoms with Crippen molar-refractivity contribution in [1.29, 1.82) is 0 Å². The number of carbonyl (C=O) groups excluding carboxylic acids is 2. The molecule has 6 nitrogen and oxygen atoms in total. The van der Waals surface area contributed by atoms with Crippen LogP contribution < -0.4 is 20.4 Å². The molecule has 0 aliphatic carbocycles. The Morgan fingerprint density at radius 3 is 2.19 bits per heavy atom. The second-order valence-corrected chi connectivity index (χ2v) is 8.49. The lowest BCUT2D eigenvalue weighted by atomic mass is 10.1. The van der Waals surface area contributed by atoms with E-state index in [1.54, 1.807) is 4.90 Å². The second kappa shape index (κ2) is 9.14. The van der Waals surface area contributed by atoms with Gasteiger partial charge in [-0.3, -0.25) is 9.59 Å². The average molecular weight is 363 g/mol. The summed E-state index contributed by atoms with van der Waals surface area (Å²) in [5, 5.41) is 5.83. The monoisotopic (exact) mass is 362 g/mol. The molecule has 2 amide bonds. The summed E-state index contributed by atoms with van der Waals surface area (Å²) in [6, 6.07) is 8.11. The minimum atomic E-state index is -0.252. The normalized spacial score (nSPS) is 16.3. The quantitative estimate of drug-likeness (QED) is 0.515. The number of likely N-dealkylation sites (N-methyl/N-ethyl adjacent to an activating group) is 1. The van der Waals surface area contributed by atoms with Crippen molar-refractivity contribution in [2.45, 2.75) is 45.7 Å². The third-order valence-corrected chi connectivity index (χ3v) is 4.44. The van der Waals surface area contributed by atoms with Crippen molar-refractivity contribution in [2.75, 3.05) is 38.5 Å². The lowest BCUT2D eigenvalue weighted by Crippen LogP contribution is -3.11. The van der Waals surface area contributed by atoms with E-state index < -0.39 is 0 Å². The summed E-state index contributed by atoms with van der Waals surface area (Å²) in [4.78, 5) is 26.6. The van der Waals surface area contributed by atoms with Crippen LogP contribution in [0.25, 0.3) is 0 Å². The molecule has 0 radical (unpaired) electrons. The highest BCUT2D eigenvalue weighted by Gasteiger charge is 2.19. The fourth-order valence-corrected chi connectivity index (χ4v) is 3.32. The van der Waals surface area contributed by atoms with Gasteiger partial charge in [0.05, 0.1) is 20.1 Å². The second-order valence-electron chi connectivity index (χ2n) is 8.49. The van der Waals surface area contributed by atoms with Gasteiger partial charge in [-0.05, 0) is 32.9 Å². The van der Waals surface area contributed by atoms with Gasteiger partial charge in [-0.15, -0.1) is 0 Å². The van der Waals surface area contributed by atoms with Crippen LogP contribution in [0.4, 0.5) is 5.69 Å². The number of rotatable bonds is 7. The number of nitrogens with one attached hydrogen (secondary N) is 4. The molecule has 1 aromatic carbocycles. The van der Waals surface area contributed by atoms with E-state index in [1.807, 2.05) is 40.0 Å². The van der Waals surface area contributed by atoms with Crippen molar-refractivity contribution in [3.8, 4) is 0 Å². The minimum absolute atomic E-state index is 0.0448. The largest absolute Gasteiger partial charge is 0.347 e. The maximum absolute atomic E-state index is 12.2. The van der Waals surface area contributed by atoms with Crippen LogP contribution in [0.1, 0.15) is 39.2 Å². The van der Waals surface area contributed by atoms with Gasteiger partial charge in [-0.1, -0.05) is 12.1 Å². The van der Waals surface area contributed by atoms with Crippen LogP contribution >= 0.6 is 0 Å². The summed E-state index contributed by atoms with van der Waals surface area (Å²) < 4.78 is 0. The first-order valence-electron chi connectivity index (χ1n) is 9.56. The average Bonchev–Trinajstić information content (AvgIpc) is 2.99. The predicted molar refractivity (Wildman–Crippen MR) is 103 cm³/mol. The first kappa shape index (κ1) is 20.4. The van der Waals surface area contributed by atoms with E-state index in [9.17, 15) is 9.59 Å². The Balaban J connectivity index is 1.75. The Morgan fingerprint density at radius 1 is 1.04 bits per heavy atom. The molecule has 0 bridgehead atoms. The van der Waals surface area contributed by atoms with E-state index in [0.717, 1.165) is 17.1 Å². The molecule has 1 aliphatic heterocycles. The number of hydrogen-bond acceptors (Lipinski definition) is 2. The van der Waals surface area contributed by atoms with E-state index in [1.165, 1.54) is 31.5 Å². The molecule has 0 spiro atoms. The van der Waals surface area contributed by atoms with Crippen molar-refractivity contribution in [3.63, 3.8) is 0 Å². The van der Waals surface area contributed by atoms with Crippen LogP contribution in [-0.4, -0.2) is 50.6 Å². The maximum atomic E-state index is 12.2. The van der Waals surface area contributed by atoms with Gasteiger partial charge < -0.3 is 20.4 Å². The number of amides is 2. The first-order valence-corrected chi connectivity index (χ1v) is 9.56. The molecule has 26 heavy (non-hydrogen) atoms. The Hall–Kier alpha value is -1.92. The van der Waals surface area contributed by atoms with Crippen LogP contribution in [0.5, 0.6) is 0 Å². The lowest BCUT2D eigenvalue weighted by molar-refractivity contribution is -0.901. The molecule has 1 heterocycles. The highest BCUT2D eigenvalue weighted by molar-refractivity contribution is 5.91. The topological polar surface area (TPSA) is 67.1 Å². The van der Waals surface area contributed by atoms with Crippen LogP contribution in [0.15, 0.2) is 24.3 Å². The van der Waals surface area contributed by atoms with E-state index >= 15 is 0 Å². The van der Waals surface area contributed by atoms with Gasteiger partial charge >= 0.3 is 0 Å². The molecular weight excluding hydrogens is 328 g/mol. The van der Waals surface area contributed by atoms with Gasteiger partial charge in [0.15, 0.2) is 13.1 Å². The van der Waals surface area contributed by atoms with Crippen molar-refractivity contribution in [2.24, 2.45) is 0 Å². The Kier molecular flexibility index (Phi) is 7.17. The fraction of sp³-hybridized carbons (Fsp3) is 0.600. The summed E-state index contributed by atoms with van der Waals surface area (Å²) in [5.41, 5.74) is 1.86. The molecule has 1 aromatic rings. The molecule has 1 fully saturated rings. The molecule has 1 unspecified atom stereocenters. The molecule has 6 heteroatoms. The SMILES string of the molecule is C[NH+](CC(=O)Nc1ccc(C[NH+]2CCCC2)cc1)CC(=O)NC(C)(C)C. The molecule has 1 saturated heterocycles. The number of anilines is 1. The van der Waals surface area contributed by atoms with Gasteiger partial charge in [0.1, 0.15) is 6.54 Å². The Bertz CT molecular complexity index is 601. The zero-order valence-corrected chi connectivity index (χ0v) is 16.6. The summed E-state index contributed by atoms with van der Waals surface area (Å²) in [7, 11) is 1.85. The number of hydrogen-bond donors (Lipinski definition) is 4. The highest BCUT2D eigenvalue weighted by atomic mass is 16.2. The van der Waals surface area contributed by atoms with Crippen LogP contribution in [0.2, 0.25) is 0 Å². The third-order valence-electron chi connectivity index (χ3n) is 4.44. The zero-order valence-electron chi connectivity index (χ0n) is 16.6. The maximum Gasteiger partial charge on any atom is 0.279 e.